The molecule has 0 radical (unpaired) electrons. The average molecular weight is 247 g/mol. The number of nitrogens with one attached hydrogen (secondary N) is 2. The third-order valence-corrected chi connectivity index (χ3v) is 3.64. The molecule has 2 N–H and O–H groups in total. The highest BCUT2D eigenvalue weighted by atomic mass is 15.1. The molecular weight excluding hydrogens is 222 g/mol. The fourth-order valence-corrected chi connectivity index (χ4v) is 3.07. The highest BCUT2D eigenvalue weighted by Gasteiger charge is 2.23. The van der Waals surface area contributed by atoms with Gasteiger partial charge in [-0.1, -0.05) is 19.9 Å². The van der Waals surface area contributed by atoms with E-state index < -0.39 is 0 Å². The van der Waals surface area contributed by atoms with Crippen molar-refractivity contribution >= 4 is 11.6 Å². The predicted octanol–water partition coefficient (Wildman–Crippen LogP) is 3.75. The van der Waals surface area contributed by atoms with E-state index in [0.29, 0.717) is 6.04 Å². The molecule has 0 saturated heterocycles. The lowest BCUT2D eigenvalue weighted by Gasteiger charge is -2.32. The van der Waals surface area contributed by atoms with Crippen molar-refractivity contribution in [3.8, 4) is 0 Å². The number of rotatable bonds is 4. The summed E-state index contributed by atoms with van der Waals surface area (Å²) in [6.07, 6.45) is 3.89. The molecule has 0 amide bonds. The molecule has 1 heterocycles. The molecule has 0 bridgehead atoms. The largest absolute Gasteiger partial charge is 0.370 e. The first kappa shape index (κ1) is 13.2. The van der Waals surface area contributed by atoms with Crippen LogP contribution in [0.5, 0.6) is 0 Å². The maximum absolute atomic E-state index is 4.58. The van der Waals surface area contributed by atoms with Gasteiger partial charge in [0, 0.05) is 12.6 Å². The summed E-state index contributed by atoms with van der Waals surface area (Å²) in [5.41, 5.74) is 0. The molecule has 2 atom stereocenters. The molecule has 18 heavy (non-hydrogen) atoms. The van der Waals surface area contributed by atoms with Crippen molar-refractivity contribution in [3.63, 3.8) is 0 Å². The second kappa shape index (κ2) is 6.07. The highest BCUT2D eigenvalue weighted by molar-refractivity contribution is 5.45. The van der Waals surface area contributed by atoms with Crippen LogP contribution < -0.4 is 10.6 Å². The molecule has 3 nitrogen and oxygen atoms in total. The molecule has 2 unspecified atom stereocenters. The lowest BCUT2D eigenvalue weighted by molar-refractivity contribution is 0.280. The minimum absolute atomic E-state index is 0.577. The summed E-state index contributed by atoms with van der Waals surface area (Å²) in [5.74, 6) is 3.60. The number of hydrogen-bond donors (Lipinski definition) is 2. The van der Waals surface area contributed by atoms with Crippen LogP contribution in [0.4, 0.5) is 11.6 Å². The summed E-state index contributed by atoms with van der Waals surface area (Å²) in [6, 6.07) is 6.71. The van der Waals surface area contributed by atoms with Crippen molar-refractivity contribution in [2.45, 2.75) is 46.1 Å². The van der Waals surface area contributed by atoms with Crippen LogP contribution in [0.25, 0.3) is 0 Å². The Labute approximate surface area is 110 Å². The van der Waals surface area contributed by atoms with E-state index in [1.165, 1.54) is 19.3 Å². The maximum atomic E-state index is 4.58. The zero-order valence-electron chi connectivity index (χ0n) is 11.7. The van der Waals surface area contributed by atoms with Crippen molar-refractivity contribution in [2.75, 3.05) is 17.2 Å². The number of pyridine rings is 1. The predicted molar refractivity (Wildman–Crippen MR) is 78.0 cm³/mol. The number of hydrogen-bond acceptors (Lipinski definition) is 3. The van der Waals surface area contributed by atoms with Gasteiger partial charge in [-0.05, 0) is 50.2 Å². The molecule has 1 aliphatic rings. The van der Waals surface area contributed by atoms with Crippen molar-refractivity contribution in [1.82, 2.24) is 4.98 Å². The standard InChI is InChI=1S/C15H25N3/c1-4-16-14-6-5-7-15(18-14)17-13-9-11(2)8-12(3)10-13/h5-7,11-13H,4,8-10H2,1-3H3,(H2,16,17,18). The van der Waals surface area contributed by atoms with Crippen molar-refractivity contribution in [1.29, 1.82) is 0 Å². The second-order valence-electron chi connectivity index (χ2n) is 5.70. The molecule has 1 aromatic heterocycles. The summed E-state index contributed by atoms with van der Waals surface area (Å²) >= 11 is 0. The molecule has 1 aromatic rings. The molecular formula is C15H25N3. The number of anilines is 2. The normalized spacial score (nSPS) is 27.8. The van der Waals surface area contributed by atoms with E-state index in [0.717, 1.165) is 30.0 Å². The first-order chi connectivity index (χ1) is 8.67. The van der Waals surface area contributed by atoms with Gasteiger partial charge >= 0.3 is 0 Å². The van der Waals surface area contributed by atoms with E-state index in [9.17, 15) is 0 Å². The van der Waals surface area contributed by atoms with Crippen molar-refractivity contribution in [2.24, 2.45) is 11.8 Å². The summed E-state index contributed by atoms with van der Waals surface area (Å²) in [7, 11) is 0. The van der Waals surface area contributed by atoms with Gasteiger partial charge in [0.25, 0.3) is 0 Å². The Morgan fingerprint density at radius 1 is 1.11 bits per heavy atom. The fraction of sp³-hybridized carbons (Fsp3) is 0.667. The molecule has 100 valence electrons. The van der Waals surface area contributed by atoms with Crippen molar-refractivity contribution < 1.29 is 0 Å². The van der Waals surface area contributed by atoms with Crippen LogP contribution in [0.15, 0.2) is 18.2 Å². The lowest BCUT2D eigenvalue weighted by atomic mass is 9.80. The Kier molecular flexibility index (Phi) is 4.45. The smallest absolute Gasteiger partial charge is 0.128 e. The van der Waals surface area contributed by atoms with E-state index >= 15 is 0 Å². The van der Waals surface area contributed by atoms with Gasteiger partial charge in [-0.25, -0.2) is 4.98 Å². The Bertz CT molecular complexity index is 368. The molecule has 3 heteroatoms. The van der Waals surface area contributed by atoms with E-state index in [-0.39, 0.29) is 0 Å². The maximum Gasteiger partial charge on any atom is 0.128 e. The van der Waals surface area contributed by atoms with E-state index in [2.05, 4.69) is 48.5 Å². The quantitative estimate of drug-likeness (QED) is 0.851. The summed E-state index contributed by atoms with van der Waals surface area (Å²) in [6.45, 7) is 7.71. The van der Waals surface area contributed by atoms with Crippen LogP contribution in [0.2, 0.25) is 0 Å². The minimum Gasteiger partial charge on any atom is -0.370 e. The van der Waals surface area contributed by atoms with E-state index in [4.69, 9.17) is 0 Å². The monoisotopic (exact) mass is 247 g/mol. The van der Waals surface area contributed by atoms with E-state index in [1.807, 2.05) is 6.07 Å². The molecule has 1 aliphatic carbocycles. The SMILES string of the molecule is CCNc1cccc(NC2CC(C)CC(C)C2)n1. The Hall–Kier alpha value is -1.25. The third-order valence-electron chi connectivity index (χ3n) is 3.64. The average Bonchev–Trinajstić information content (AvgIpc) is 2.28. The molecule has 1 saturated carbocycles. The molecule has 2 rings (SSSR count). The number of aromatic nitrogens is 1. The topological polar surface area (TPSA) is 37.0 Å². The molecule has 0 aromatic carbocycles. The van der Waals surface area contributed by atoms with Gasteiger partial charge in [-0.15, -0.1) is 0 Å². The van der Waals surface area contributed by atoms with Gasteiger partial charge in [0.1, 0.15) is 11.6 Å². The molecule has 0 aliphatic heterocycles. The van der Waals surface area contributed by atoms with Crippen molar-refractivity contribution in [3.05, 3.63) is 18.2 Å². The van der Waals surface area contributed by atoms with Gasteiger partial charge in [0.15, 0.2) is 0 Å². The van der Waals surface area contributed by atoms with Crippen LogP contribution in [0, 0.1) is 11.8 Å². The number of nitrogens with zero attached hydrogens (tertiary/aromatic N) is 1. The highest BCUT2D eigenvalue weighted by Crippen LogP contribution is 2.30. The van der Waals surface area contributed by atoms with E-state index in [1.54, 1.807) is 0 Å². The first-order valence-corrected chi connectivity index (χ1v) is 7.14. The van der Waals surface area contributed by atoms with Crippen LogP contribution in [-0.2, 0) is 0 Å². The van der Waals surface area contributed by atoms with Gasteiger partial charge < -0.3 is 10.6 Å². The Morgan fingerprint density at radius 2 is 1.78 bits per heavy atom. The van der Waals surface area contributed by atoms with Crippen LogP contribution in [0.3, 0.4) is 0 Å². The zero-order valence-corrected chi connectivity index (χ0v) is 11.7. The van der Waals surface area contributed by atoms with Crippen LogP contribution in [-0.4, -0.2) is 17.6 Å². The first-order valence-electron chi connectivity index (χ1n) is 7.14. The Morgan fingerprint density at radius 3 is 2.44 bits per heavy atom. The second-order valence-corrected chi connectivity index (χ2v) is 5.70. The van der Waals surface area contributed by atoms with Crippen LogP contribution >= 0.6 is 0 Å². The summed E-state index contributed by atoms with van der Waals surface area (Å²) < 4.78 is 0. The fourth-order valence-electron chi connectivity index (χ4n) is 3.07. The zero-order chi connectivity index (χ0) is 13.0. The summed E-state index contributed by atoms with van der Waals surface area (Å²) in [4.78, 5) is 4.58. The summed E-state index contributed by atoms with van der Waals surface area (Å²) in [5, 5.41) is 6.84. The lowest BCUT2D eigenvalue weighted by Crippen LogP contribution is -2.30. The van der Waals surface area contributed by atoms with Gasteiger partial charge in [-0.3, -0.25) is 0 Å². The Balaban J connectivity index is 1.97. The molecule has 1 fully saturated rings. The van der Waals surface area contributed by atoms with Gasteiger partial charge in [0.05, 0.1) is 0 Å². The molecule has 0 spiro atoms. The van der Waals surface area contributed by atoms with Crippen LogP contribution in [0.1, 0.15) is 40.0 Å². The van der Waals surface area contributed by atoms with Gasteiger partial charge in [-0.2, -0.15) is 0 Å². The third kappa shape index (κ3) is 3.62. The minimum atomic E-state index is 0.577. The van der Waals surface area contributed by atoms with Gasteiger partial charge in [0.2, 0.25) is 0 Å².